The van der Waals surface area contributed by atoms with Gasteiger partial charge >= 0.3 is 0 Å². The molecule has 0 saturated heterocycles. The maximum absolute atomic E-state index is 5.96. The Morgan fingerprint density at radius 2 is 2.14 bits per heavy atom. The fraction of sp³-hybridized carbons (Fsp3) is 0.778. The van der Waals surface area contributed by atoms with E-state index in [1.54, 1.807) is 0 Å². The molecule has 1 aromatic rings. The van der Waals surface area contributed by atoms with Gasteiger partial charge in [0.1, 0.15) is 11.5 Å². The van der Waals surface area contributed by atoms with E-state index in [0.717, 1.165) is 43.6 Å². The number of aryl methyl sites for hydroxylation is 1. The van der Waals surface area contributed by atoms with Crippen molar-refractivity contribution in [3.63, 3.8) is 0 Å². The Labute approximate surface area is 130 Å². The van der Waals surface area contributed by atoms with E-state index < -0.39 is 0 Å². The molecule has 3 heteroatoms. The first-order valence-electron chi connectivity index (χ1n) is 8.59. The number of furan rings is 1. The minimum Gasteiger partial charge on any atom is -0.465 e. The van der Waals surface area contributed by atoms with E-state index in [-0.39, 0.29) is 0 Å². The molecule has 2 rings (SSSR count). The third-order valence-electron chi connectivity index (χ3n) is 4.51. The molecule has 1 N–H and O–H groups in total. The van der Waals surface area contributed by atoms with Crippen LogP contribution in [-0.4, -0.2) is 24.5 Å². The second kappa shape index (κ2) is 8.00. The van der Waals surface area contributed by atoms with Crippen molar-refractivity contribution in [2.24, 2.45) is 11.8 Å². The van der Waals surface area contributed by atoms with Crippen LogP contribution in [0.15, 0.2) is 10.5 Å². The van der Waals surface area contributed by atoms with Crippen molar-refractivity contribution >= 4 is 0 Å². The molecular weight excluding hydrogens is 260 g/mol. The summed E-state index contributed by atoms with van der Waals surface area (Å²) in [5, 5.41) is 3.50. The van der Waals surface area contributed by atoms with Crippen LogP contribution >= 0.6 is 0 Å². The van der Waals surface area contributed by atoms with Crippen molar-refractivity contribution in [3.05, 3.63) is 23.2 Å². The van der Waals surface area contributed by atoms with Gasteiger partial charge in [-0.1, -0.05) is 27.2 Å². The van der Waals surface area contributed by atoms with Crippen molar-refractivity contribution in [2.75, 3.05) is 19.6 Å². The van der Waals surface area contributed by atoms with Crippen molar-refractivity contribution in [1.29, 1.82) is 0 Å². The molecule has 0 bridgehead atoms. The lowest BCUT2D eigenvalue weighted by molar-refractivity contribution is 0.168. The highest BCUT2D eigenvalue weighted by Gasteiger charge is 2.21. The zero-order chi connectivity index (χ0) is 15.2. The average molecular weight is 292 g/mol. The predicted octanol–water partition coefficient (Wildman–Crippen LogP) is 3.96. The number of rotatable bonds is 9. The molecule has 0 amide bonds. The predicted molar refractivity (Wildman–Crippen MR) is 88.3 cm³/mol. The van der Waals surface area contributed by atoms with Gasteiger partial charge in [-0.2, -0.15) is 0 Å². The van der Waals surface area contributed by atoms with Gasteiger partial charge in [0.25, 0.3) is 0 Å². The van der Waals surface area contributed by atoms with Gasteiger partial charge in [-0.25, -0.2) is 0 Å². The van der Waals surface area contributed by atoms with E-state index in [0.29, 0.717) is 5.92 Å². The van der Waals surface area contributed by atoms with Crippen LogP contribution in [0.25, 0.3) is 0 Å². The van der Waals surface area contributed by atoms with Gasteiger partial charge in [-0.3, -0.25) is 4.90 Å². The van der Waals surface area contributed by atoms with Crippen molar-refractivity contribution < 1.29 is 4.42 Å². The molecule has 1 aliphatic rings. The first-order chi connectivity index (χ1) is 10.1. The highest BCUT2D eigenvalue weighted by Crippen LogP contribution is 2.27. The molecule has 120 valence electrons. The highest BCUT2D eigenvalue weighted by molar-refractivity contribution is 5.20. The van der Waals surface area contributed by atoms with E-state index >= 15 is 0 Å². The zero-order valence-corrected chi connectivity index (χ0v) is 14.2. The Balaban J connectivity index is 1.84. The SMILES string of the molecule is CCN(Cc1cc(CNCC(C)C)c(C)o1)CC1CCC1. The van der Waals surface area contributed by atoms with Gasteiger partial charge < -0.3 is 9.73 Å². The normalized spacial score (nSPS) is 15.9. The summed E-state index contributed by atoms with van der Waals surface area (Å²) in [6.45, 7) is 14.1. The first kappa shape index (κ1) is 16.6. The standard InChI is InChI=1S/C18H32N2O/c1-5-20(12-16-7-6-8-16)13-18-9-17(15(4)21-18)11-19-10-14(2)3/h9,14,16,19H,5-8,10-13H2,1-4H3. The van der Waals surface area contributed by atoms with Gasteiger partial charge in [0.15, 0.2) is 0 Å². The number of nitrogens with zero attached hydrogens (tertiary/aromatic N) is 1. The fourth-order valence-electron chi connectivity index (χ4n) is 2.90. The van der Waals surface area contributed by atoms with Crippen molar-refractivity contribution in [3.8, 4) is 0 Å². The first-order valence-corrected chi connectivity index (χ1v) is 8.59. The van der Waals surface area contributed by atoms with E-state index in [1.807, 2.05) is 0 Å². The summed E-state index contributed by atoms with van der Waals surface area (Å²) >= 11 is 0. The monoisotopic (exact) mass is 292 g/mol. The number of hydrogen-bond acceptors (Lipinski definition) is 3. The molecular formula is C18H32N2O. The van der Waals surface area contributed by atoms with Gasteiger partial charge in [0, 0.05) is 18.7 Å². The summed E-state index contributed by atoms with van der Waals surface area (Å²) in [6.07, 6.45) is 4.25. The van der Waals surface area contributed by atoms with Crippen LogP contribution in [-0.2, 0) is 13.1 Å². The van der Waals surface area contributed by atoms with Crippen LogP contribution in [0.1, 0.15) is 57.1 Å². The van der Waals surface area contributed by atoms with Crippen LogP contribution in [0.5, 0.6) is 0 Å². The van der Waals surface area contributed by atoms with E-state index in [2.05, 4.69) is 44.0 Å². The maximum atomic E-state index is 5.96. The van der Waals surface area contributed by atoms with Crippen LogP contribution in [0.3, 0.4) is 0 Å². The Kier molecular flexibility index (Phi) is 6.31. The highest BCUT2D eigenvalue weighted by atomic mass is 16.3. The molecule has 1 aromatic heterocycles. The second-order valence-electron chi connectivity index (χ2n) is 6.94. The minimum absolute atomic E-state index is 0.690. The topological polar surface area (TPSA) is 28.4 Å². The van der Waals surface area contributed by atoms with E-state index in [1.165, 1.54) is 31.4 Å². The Hall–Kier alpha value is -0.800. The number of nitrogens with one attached hydrogen (secondary N) is 1. The second-order valence-corrected chi connectivity index (χ2v) is 6.94. The summed E-state index contributed by atoms with van der Waals surface area (Å²) in [5.41, 5.74) is 1.31. The lowest BCUT2D eigenvalue weighted by atomic mass is 9.85. The molecule has 0 unspecified atom stereocenters. The summed E-state index contributed by atoms with van der Waals surface area (Å²) in [5.74, 6) is 3.80. The van der Waals surface area contributed by atoms with Crippen molar-refractivity contribution in [2.45, 2.75) is 60.0 Å². The molecule has 3 nitrogen and oxygen atoms in total. The molecule has 0 spiro atoms. The molecule has 1 saturated carbocycles. The van der Waals surface area contributed by atoms with Gasteiger partial charge in [0.2, 0.25) is 0 Å². The third kappa shape index (κ3) is 5.15. The molecule has 1 aliphatic carbocycles. The molecule has 21 heavy (non-hydrogen) atoms. The van der Waals surface area contributed by atoms with Gasteiger partial charge in [-0.05, 0) is 50.8 Å². The average Bonchev–Trinajstić information content (AvgIpc) is 2.72. The van der Waals surface area contributed by atoms with Crippen LogP contribution in [0.4, 0.5) is 0 Å². The molecule has 0 radical (unpaired) electrons. The summed E-state index contributed by atoms with van der Waals surface area (Å²) in [7, 11) is 0. The summed E-state index contributed by atoms with van der Waals surface area (Å²) in [6, 6.07) is 2.24. The quantitative estimate of drug-likeness (QED) is 0.747. The zero-order valence-electron chi connectivity index (χ0n) is 14.2. The summed E-state index contributed by atoms with van der Waals surface area (Å²) < 4.78 is 5.96. The number of hydrogen-bond donors (Lipinski definition) is 1. The molecule has 0 aromatic carbocycles. The van der Waals surface area contributed by atoms with Crippen LogP contribution < -0.4 is 5.32 Å². The molecule has 0 atom stereocenters. The van der Waals surface area contributed by atoms with Crippen LogP contribution in [0, 0.1) is 18.8 Å². The van der Waals surface area contributed by atoms with Gasteiger partial charge in [0.05, 0.1) is 6.54 Å². The molecule has 0 aliphatic heterocycles. The van der Waals surface area contributed by atoms with E-state index in [4.69, 9.17) is 4.42 Å². The lowest BCUT2D eigenvalue weighted by Gasteiger charge is -2.31. The minimum atomic E-state index is 0.690. The van der Waals surface area contributed by atoms with Crippen LogP contribution in [0.2, 0.25) is 0 Å². The van der Waals surface area contributed by atoms with E-state index in [9.17, 15) is 0 Å². The Bertz CT molecular complexity index is 421. The Morgan fingerprint density at radius 1 is 1.38 bits per heavy atom. The largest absolute Gasteiger partial charge is 0.465 e. The Morgan fingerprint density at radius 3 is 2.71 bits per heavy atom. The smallest absolute Gasteiger partial charge is 0.118 e. The summed E-state index contributed by atoms with van der Waals surface area (Å²) in [4.78, 5) is 2.52. The third-order valence-corrected chi connectivity index (χ3v) is 4.51. The lowest BCUT2D eigenvalue weighted by Crippen LogP contribution is -2.31. The molecule has 1 heterocycles. The fourth-order valence-corrected chi connectivity index (χ4v) is 2.90. The van der Waals surface area contributed by atoms with Crippen molar-refractivity contribution in [1.82, 2.24) is 10.2 Å². The molecule has 1 fully saturated rings. The maximum Gasteiger partial charge on any atom is 0.118 e. The van der Waals surface area contributed by atoms with Gasteiger partial charge in [-0.15, -0.1) is 0 Å².